The number of hydrogen-bond acceptors (Lipinski definition) is 2. The molecule has 1 N–H and O–H groups in total. The molecule has 0 aliphatic heterocycles. The number of carbonyl (C=O) groups is 2. The summed E-state index contributed by atoms with van der Waals surface area (Å²) in [6.45, 7) is 6.25. The van der Waals surface area contributed by atoms with Gasteiger partial charge in [-0.1, -0.05) is 26.0 Å². The van der Waals surface area contributed by atoms with Gasteiger partial charge < -0.3 is 10.2 Å². The lowest BCUT2D eigenvalue weighted by Crippen LogP contribution is -2.40. The average Bonchev–Trinajstić information content (AvgIpc) is 2.66. The van der Waals surface area contributed by atoms with E-state index in [0.717, 1.165) is 57.2 Å². The average molecular weight is 362 g/mol. The minimum absolute atomic E-state index is 0.0229. The van der Waals surface area contributed by atoms with Crippen LogP contribution in [0.15, 0.2) is 24.3 Å². The fourth-order valence-electron chi connectivity index (χ4n) is 3.67. The Morgan fingerprint density at radius 2 is 1.54 bits per heavy atom. The Balaban J connectivity index is 1.78. The Kier molecular flexibility index (Phi) is 8.07. The van der Waals surface area contributed by atoms with E-state index in [2.05, 4.69) is 19.2 Å². The van der Waals surface area contributed by atoms with Gasteiger partial charge in [-0.15, -0.1) is 0 Å². The highest BCUT2D eigenvalue weighted by atomic mass is 19.1. The molecular formula is C21H31FN2O2. The van der Waals surface area contributed by atoms with E-state index in [1.807, 2.05) is 4.90 Å². The highest BCUT2D eigenvalue weighted by Crippen LogP contribution is 2.30. The van der Waals surface area contributed by atoms with Crippen LogP contribution in [0.1, 0.15) is 57.9 Å². The van der Waals surface area contributed by atoms with Crippen molar-refractivity contribution < 1.29 is 14.0 Å². The molecule has 0 saturated heterocycles. The lowest BCUT2D eigenvalue weighted by molar-refractivity contribution is -0.138. The first-order chi connectivity index (χ1) is 12.5. The number of nitrogens with one attached hydrogen (secondary N) is 1. The van der Waals surface area contributed by atoms with Crippen LogP contribution in [0.2, 0.25) is 0 Å². The summed E-state index contributed by atoms with van der Waals surface area (Å²) in [5.74, 6) is 0.0702. The fraction of sp³-hybridized carbons (Fsp3) is 0.619. The second kappa shape index (κ2) is 10.3. The number of carbonyl (C=O) groups excluding carboxylic acids is 2. The van der Waals surface area contributed by atoms with Gasteiger partial charge in [0.25, 0.3) is 0 Å². The topological polar surface area (TPSA) is 49.4 Å². The molecule has 1 aromatic rings. The molecule has 0 heterocycles. The molecule has 0 atom stereocenters. The van der Waals surface area contributed by atoms with E-state index in [1.165, 1.54) is 12.1 Å². The second-order valence-corrected chi connectivity index (χ2v) is 7.22. The Bertz CT molecular complexity index is 574. The van der Waals surface area contributed by atoms with Crippen LogP contribution in [0, 0.1) is 17.7 Å². The third-order valence-electron chi connectivity index (χ3n) is 5.13. The Labute approximate surface area is 156 Å². The van der Waals surface area contributed by atoms with Crippen LogP contribution < -0.4 is 5.32 Å². The van der Waals surface area contributed by atoms with E-state index < -0.39 is 0 Å². The monoisotopic (exact) mass is 362 g/mol. The molecular weight excluding hydrogens is 331 g/mol. The van der Waals surface area contributed by atoms with Gasteiger partial charge >= 0.3 is 0 Å². The number of nitrogens with zero attached hydrogens (tertiary/aromatic N) is 1. The third-order valence-corrected chi connectivity index (χ3v) is 5.13. The van der Waals surface area contributed by atoms with Crippen molar-refractivity contribution in [2.45, 2.75) is 58.9 Å². The molecule has 0 aromatic heterocycles. The van der Waals surface area contributed by atoms with Crippen molar-refractivity contribution in [1.29, 1.82) is 0 Å². The summed E-state index contributed by atoms with van der Waals surface area (Å²) < 4.78 is 12.9. The predicted octanol–water partition coefficient (Wildman–Crippen LogP) is 3.90. The number of benzene rings is 1. The first-order valence-corrected chi connectivity index (χ1v) is 9.86. The van der Waals surface area contributed by atoms with Gasteiger partial charge in [0.05, 0.1) is 0 Å². The second-order valence-electron chi connectivity index (χ2n) is 7.22. The molecule has 0 radical (unpaired) electrons. The third kappa shape index (κ3) is 5.82. The zero-order chi connectivity index (χ0) is 18.9. The van der Waals surface area contributed by atoms with Crippen molar-refractivity contribution in [2.75, 3.05) is 13.1 Å². The van der Waals surface area contributed by atoms with Gasteiger partial charge in [-0.2, -0.15) is 0 Å². The van der Waals surface area contributed by atoms with Crippen molar-refractivity contribution >= 4 is 11.8 Å². The van der Waals surface area contributed by atoms with Crippen molar-refractivity contribution in [3.05, 3.63) is 35.6 Å². The van der Waals surface area contributed by atoms with Crippen molar-refractivity contribution in [3.8, 4) is 0 Å². The first-order valence-electron chi connectivity index (χ1n) is 9.86. The van der Waals surface area contributed by atoms with Crippen molar-refractivity contribution in [1.82, 2.24) is 10.2 Å². The highest BCUT2D eigenvalue weighted by Gasteiger charge is 2.31. The lowest BCUT2D eigenvalue weighted by Gasteiger charge is -2.31. The summed E-state index contributed by atoms with van der Waals surface area (Å²) >= 11 is 0. The van der Waals surface area contributed by atoms with Crippen LogP contribution in [0.25, 0.3) is 0 Å². The Morgan fingerprint density at radius 1 is 1.00 bits per heavy atom. The molecule has 144 valence electrons. The van der Waals surface area contributed by atoms with Crippen LogP contribution in [-0.4, -0.2) is 29.8 Å². The van der Waals surface area contributed by atoms with E-state index >= 15 is 0 Å². The molecule has 0 bridgehead atoms. The molecule has 4 nitrogen and oxygen atoms in total. The predicted molar refractivity (Wildman–Crippen MR) is 101 cm³/mol. The van der Waals surface area contributed by atoms with Gasteiger partial charge in [-0.25, -0.2) is 4.39 Å². The summed E-state index contributed by atoms with van der Waals surface area (Å²) in [5.41, 5.74) is 0.887. The van der Waals surface area contributed by atoms with Gasteiger partial charge in [0, 0.05) is 31.5 Å². The molecule has 1 aliphatic rings. The molecule has 1 saturated carbocycles. The molecule has 2 amide bonds. The molecule has 5 heteroatoms. The van der Waals surface area contributed by atoms with E-state index in [4.69, 9.17) is 0 Å². The van der Waals surface area contributed by atoms with Gasteiger partial charge in [0.2, 0.25) is 11.8 Å². The van der Waals surface area contributed by atoms with Crippen LogP contribution >= 0.6 is 0 Å². The summed E-state index contributed by atoms with van der Waals surface area (Å²) in [7, 11) is 0. The molecule has 2 rings (SSSR count). The van der Waals surface area contributed by atoms with Gasteiger partial charge in [-0.3, -0.25) is 9.59 Å². The van der Waals surface area contributed by atoms with Crippen molar-refractivity contribution in [2.24, 2.45) is 11.8 Å². The molecule has 1 aromatic carbocycles. The maximum atomic E-state index is 12.9. The number of halogens is 1. The normalized spacial score (nSPS) is 19.8. The summed E-state index contributed by atoms with van der Waals surface area (Å²) in [6.07, 6.45) is 5.06. The maximum absolute atomic E-state index is 12.9. The van der Waals surface area contributed by atoms with Crippen LogP contribution in [-0.2, 0) is 16.1 Å². The highest BCUT2D eigenvalue weighted by molar-refractivity contribution is 5.81. The lowest BCUT2D eigenvalue weighted by atomic mass is 9.81. The SMILES string of the molecule is CCCN(CCC)C(=O)C1CCC(C(=O)NCc2ccc(F)cc2)CC1. The Morgan fingerprint density at radius 3 is 2.08 bits per heavy atom. The number of hydrogen-bond donors (Lipinski definition) is 1. The molecule has 0 unspecified atom stereocenters. The zero-order valence-electron chi connectivity index (χ0n) is 16.0. The van der Waals surface area contributed by atoms with E-state index in [1.54, 1.807) is 12.1 Å². The number of amides is 2. The van der Waals surface area contributed by atoms with Crippen LogP contribution in [0.4, 0.5) is 4.39 Å². The zero-order valence-corrected chi connectivity index (χ0v) is 16.0. The summed E-state index contributed by atoms with van der Waals surface area (Å²) in [4.78, 5) is 27.0. The fourth-order valence-corrected chi connectivity index (χ4v) is 3.67. The smallest absolute Gasteiger partial charge is 0.225 e. The Hall–Kier alpha value is -1.91. The van der Waals surface area contributed by atoms with Crippen LogP contribution in [0.3, 0.4) is 0 Å². The van der Waals surface area contributed by atoms with E-state index in [9.17, 15) is 14.0 Å². The minimum atomic E-state index is -0.275. The van der Waals surface area contributed by atoms with Gasteiger partial charge in [-0.05, 0) is 56.2 Å². The van der Waals surface area contributed by atoms with Crippen molar-refractivity contribution in [3.63, 3.8) is 0 Å². The van der Waals surface area contributed by atoms with E-state index in [0.29, 0.717) is 6.54 Å². The minimum Gasteiger partial charge on any atom is -0.352 e. The quantitative estimate of drug-likeness (QED) is 0.762. The van der Waals surface area contributed by atoms with Gasteiger partial charge in [0.15, 0.2) is 0 Å². The van der Waals surface area contributed by atoms with Crippen LogP contribution in [0.5, 0.6) is 0 Å². The number of rotatable bonds is 8. The first kappa shape index (κ1) is 20.4. The molecule has 1 fully saturated rings. The summed E-state index contributed by atoms with van der Waals surface area (Å²) in [6, 6.07) is 6.16. The summed E-state index contributed by atoms with van der Waals surface area (Å²) in [5, 5.41) is 2.94. The molecule has 0 spiro atoms. The maximum Gasteiger partial charge on any atom is 0.225 e. The largest absolute Gasteiger partial charge is 0.352 e. The molecule has 26 heavy (non-hydrogen) atoms. The van der Waals surface area contributed by atoms with E-state index in [-0.39, 0.29) is 29.5 Å². The van der Waals surface area contributed by atoms with Gasteiger partial charge in [0.1, 0.15) is 5.82 Å². The molecule has 1 aliphatic carbocycles. The standard InChI is InChI=1S/C21H31FN2O2/c1-3-13-24(14-4-2)21(26)18-9-7-17(8-10-18)20(25)23-15-16-5-11-19(22)12-6-16/h5-6,11-12,17-18H,3-4,7-10,13-15H2,1-2H3,(H,23,25).